The Morgan fingerprint density at radius 1 is 0.759 bits per heavy atom. The van der Waals surface area contributed by atoms with Gasteiger partial charge in [0.1, 0.15) is 6.54 Å². The first kappa shape index (κ1) is 28.5. The lowest BCUT2D eigenvalue weighted by atomic mass is 10.0. The van der Waals surface area contributed by atoms with Crippen LogP contribution in [0.4, 0.5) is 0 Å². The van der Waals surface area contributed by atoms with Crippen LogP contribution in [0.3, 0.4) is 0 Å². The van der Waals surface area contributed by atoms with Crippen molar-refractivity contribution in [1.29, 1.82) is 0 Å². The number of allylic oxidation sites excluding steroid dienone is 1. The second-order valence-corrected chi connectivity index (χ2v) is 8.65. The van der Waals surface area contributed by atoms with E-state index < -0.39 is 0 Å². The Morgan fingerprint density at radius 2 is 1.31 bits per heavy atom. The molecule has 0 aliphatic heterocycles. The number of rotatable bonds is 20. The van der Waals surface area contributed by atoms with Crippen molar-refractivity contribution in [3.05, 3.63) is 42.7 Å². The first-order valence-electron chi connectivity index (χ1n) is 12.0. The number of pyridine rings is 1. The normalized spacial score (nSPS) is 10.7. The van der Waals surface area contributed by atoms with Gasteiger partial charge in [0, 0.05) is 23.9 Å². The number of hydrogen-bond donors (Lipinski definition) is 0. The third-order valence-electron chi connectivity index (χ3n) is 5.59. The fourth-order valence-corrected chi connectivity index (χ4v) is 4.00. The highest BCUT2D eigenvalue weighted by Gasteiger charge is 2.03. The van der Waals surface area contributed by atoms with Crippen molar-refractivity contribution in [2.75, 3.05) is 5.88 Å². The van der Waals surface area contributed by atoms with Crippen molar-refractivity contribution in [2.24, 2.45) is 0 Å². The molecule has 0 saturated heterocycles. The van der Waals surface area contributed by atoms with Crippen LogP contribution >= 0.6 is 11.6 Å². The summed E-state index contributed by atoms with van der Waals surface area (Å²) < 4.78 is 2.38. The number of unbranched alkanes of at least 4 members (excludes halogenated alkanes) is 14. The van der Waals surface area contributed by atoms with Crippen LogP contribution in [0.5, 0.6) is 0 Å². The predicted molar refractivity (Wildman–Crippen MR) is 125 cm³/mol. The van der Waals surface area contributed by atoms with Crippen LogP contribution < -0.4 is 17.0 Å². The SMILES string of the molecule is C=CCCCCCC[n+]1cccc(CCCCCCCCCCCCCCl)c1.[Cl-]. The van der Waals surface area contributed by atoms with Crippen LogP contribution in [0.2, 0.25) is 0 Å². The smallest absolute Gasteiger partial charge is 0.171 e. The number of halogens is 2. The Labute approximate surface area is 192 Å². The summed E-state index contributed by atoms with van der Waals surface area (Å²) in [7, 11) is 0. The third kappa shape index (κ3) is 18.0. The lowest BCUT2D eigenvalue weighted by molar-refractivity contribution is -0.697. The molecule has 3 heteroatoms. The van der Waals surface area contributed by atoms with E-state index in [9.17, 15) is 0 Å². The van der Waals surface area contributed by atoms with E-state index in [0.717, 1.165) is 18.8 Å². The van der Waals surface area contributed by atoms with Crippen molar-refractivity contribution in [1.82, 2.24) is 0 Å². The summed E-state index contributed by atoms with van der Waals surface area (Å²) in [6.45, 7) is 4.95. The van der Waals surface area contributed by atoms with Gasteiger partial charge in [-0.2, -0.15) is 0 Å². The maximum Gasteiger partial charge on any atom is 0.171 e. The summed E-state index contributed by atoms with van der Waals surface area (Å²) in [6, 6.07) is 4.52. The molecule has 0 bridgehead atoms. The van der Waals surface area contributed by atoms with Gasteiger partial charge in [0.15, 0.2) is 12.4 Å². The van der Waals surface area contributed by atoms with Gasteiger partial charge in [0.05, 0.1) is 0 Å². The average Bonchev–Trinajstić information content (AvgIpc) is 2.72. The van der Waals surface area contributed by atoms with E-state index in [4.69, 9.17) is 11.6 Å². The maximum atomic E-state index is 5.71. The Hall–Kier alpha value is -0.530. The van der Waals surface area contributed by atoms with Gasteiger partial charge in [-0.3, -0.25) is 0 Å². The van der Waals surface area contributed by atoms with Crippen molar-refractivity contribution in [3.63, 3.8) is 0 Å². The number of nitrogens with zero attached hydrogens (tertiary/aromatic N) is 1. The van der Waals surface area contributed by atoms with Crippen molar-refractivity contribution < 1.29 is 17.0 Å². The molecule has 0 spiro atoms. The van der Waals surface area contributed by atoms with Crippen molar-refractivity contribution in [3.8, 4) is 0 Å². The van der Waals surface area contributed by atoms with E-state index in [0.29, 0.717) is 0 Å². The molecular formula is C26H45Cl2N. The first-order valence-corrected chi connectivity index (χ1v) is 12.5. The van der Waals surface area contributed by atoms with Gasteiger partial charge in [-0.05, 0) is 44.6 Å². The van der Waals surface area contributed by atoms with E-state index >= 15 is 0 Å². The van der Waals surface area contributed by atoms with E-state index in [1.807, 2.05) is 6.08 Å². The zero-order chi connectivity index (χ0) is 20.1. The fraction of sp³-hybridized carbons (Fsp3) is 0.731. The Morgan fingerprint density at radius 3 is 1.93 bits per heavy atom. The van der Waals surface area contributed by atoms with E-state index in [-0.39, 0.29) is 12.4 Å². The zero-order valence-corrected chi connectivity index (χ0v) is 20.2. The zero-order valence-electron chi connectivity index (χ0n) is 18.7. The Kier molecular flexibility index (Phi) is 21.8. The second-order valence-electron chi connectivity index (χ2n) is 8.27. The molecule has 1 aromatic rings. The molecule has 1 nitrogen and oxygen atoms in total. The maximum absolute atomic E-state index is 5.71. The number of aromatic nitrogens is 1. The van der Waals surface area contributed by atoms with Crippen LogP contribution in [-0.4, -0.2) is 5.88 Å². The molecule has 0 aliphatic rings. The molecule has 1 heterocycles. The highest BCUT2D eigenvalue weighted by molar-refractivity contribution is 6.17. The summed E-state index contributed by atoms with van der Waals surface area (Å²) in [5.41, 5.74) is 1.51. The molecule has 0 fully saturated rings. The summed E-state index contributed by atoms with van der Waals surface area (Å²) in [6.07, 6.45) is 29.4. The highest BCUT2D eigenvalue weighted by atomic mass is 35.5. The van der Waals surface area contributed by atoms with E-state index in [1.54, 1.807) is 0 Å². The van der Waals surface area contributed by atoms with Gasteiger partial charge in [-0.1, -0.05) is 70.3 Å². The lowest BCUT2D eigenvalue weighted by Gasteiger charge is -2.04. The standard InChI is InChI=1S/C26H45ClN.ClH/c1-2-3-4-5-15-18-23-28-24-19-21-26(25-28)20-16-13-11-9-7-6-8-10-12-14-17-22-27;/h2,19,21,24-25H,1,3-18,20,22-23H2;1H/q+1;/p-1. The first-order chi connectivity index (χ1) is 13.9. The molecule has 0 saturated carbocycles. The molecule has 0 unspecified atom stereocenters. The predicted octanol–water partition coefficient (Wildman–Crippen LogP) is 5.19. The number of hydrogen-bond acceptors (Lipinski definition) is 0. The Bertz CT molecular complexity index is 476. The summed E-state index contributed by atoms with van der Waals surface area (Å²) in [5, 5.41) is 0. The molecule has 1 aromatic heterocycles. The molecule has 168 valence electrons. The molecule has 0 aliphatic carbocycles. The van der Waals surface area contributed by atoms with Crippen LogP contribution in [0, 0.1) is 0 Å². The van der Waals surface area contributed by atoms with Crippen molar-refractivity contribution >= 4 is 11.6 Å². The number of aryl methyl sites for hydroxylation is 2. The summed E-state index contributed by atoms with van der Waals surface area (Å²) in [4.78, 5) is 0. The molecule has 0 radical (unpaired) electrons. The van der Waals surface area contributed by atoms with Crippen LogP contribution in [-0.2, 0) is 13.0 Å². The molecule has 0 amide bonds. The molecule has 1 rings (SSSR count). The van der Waals surface area contributed by atoms with Crippen LogP contribution in [0.15, 0.2) is 37.2 Å². The van der Waals surface area contributed by atoms with Gasteiger partial charge in [-0.25, -0.2) is 4.57 Å². The van der Waals surface area contributed by atoms with Gasteiger partial charge in [0.25, 0.3) is 0 Å². The highest BCUT2D eigenvalue weighted by Crippen LogP contribution is 2.13. The minimum atomic E-state index is 0. The minimum absolute atomic E-state index is 0. The monoisotopic (exact) mass is 441 g/mol. The van der Waals surface area contributed by atoms with Crippen LogP contribution in [0.1, 0.15) is 108 Å². The summed E-state index contributed by atoms with van der Waals surface area (Å²) in [5.74, 6) is 0.833. The average molecular weight is 443 g/mol. The quantitative estimate of drug-likeness (QED) is 0.113. The minimum Gasteiger partial charge on any atom is -1.00 e. The van der Waals surface area contributed by atoms with Gasteiger partial charge >= 0.3 is 0 Å². The van der Waals surface area contributed by atoms with Crippen molar-refractivity contribution in [2.45, 2.75) is 116 Å². The Balaban J connectivity index is 0.00000784. The second kappa shape index (κ2) is 22.2. The number of alkyl halides is 1. The van der Waals surface area contributed by atoms with Crippen LogP contribution in [0.25, 0.3) is 0 Å². The summed E-state index contributed by atoms with van der Waals surface area (Å²) >= 11 is 5.71. The fourth-order valence-electron chi connectivity index (χ4n) is 3.81. The topological polar surface area (TPSA) is 3.88 Å². The largest absolute Gasteiger partial charge is 1.00 e. The van der Waals surface area contributed by atoms with Gasteiger partial charge in [0.2, 0.25) is 0 Å². The van der Waals surface area contributed by atoms with Gasteiger partial charge < -0.3 is 12.4 Å². The lowest BCUT2D eigenvalue weighted by Crippen LogP contribution is -3.00. The molecule has 0 aromatic carbocycles. The third-order valence-corrected chi connectivity index (χ3v) is 5.86. The van der Waals surface area contributed by atoms with E-state index in [2.05, 4.69) is 35.7 Å². The molecular weight excluding hydrogens is 397 g/mol. The molecule has 0 atom stereocenters. The molecule has 0 N–H and O–H groups in total. The molecule has 29 heavy (non-hydrogen) atoms. The van der Waals surface area contributed by atoms with Gasteiger partial charge in [-0.15, -0.1) is 18.2 Å². The van der Waals surface area contributed by atoms with E-state index in [1.165, 1.54) is 108 Å².